The zero-order chi connectivity index (χ0) is 15.1. The zero-order valence-corrected chi connectivity index (χ0v) is 11.3. The summed E-state index contributed by atoms with van der Waals surface area (Å²) in [7, 11) is 0. The smallest absolute Gasteiger partial charge is 0.251 e. The van der Waals surface area contributed by atoms with Gasteiger partial charge in [-0.3, -0.25) is 9.78 Å². The molecule has 4 nitrogen and oxygen atoms in total. The van der Waals surface area contributed by atoms with Crippen LogP contribution in [-0.2, 0) is 6.54 Å². The molecule has 5 heteroatoms. The van der Waals surface area contributed by atoms with E-state index in [2.05, 4.69) is 22.1 Å². The van der Waals surface area contributed by atoms with Gasteiger partial charge in [-0.25, -0.2) is 4.39 Å². The number of amides is 1. The number of nitrogens with one attached hydrogen (secondary N) is 1. The third-order valence-corrected chi connectivity index (χ3v) is 2.71. The van der Waals surface area contributed by atoms with Crippen molar-refractivity contribution < 1.29 is 9.18 Å². The average Bonchev–Trinajstić information content (AvgIpc) is 2.52. The molecular formula is C16H14FN3O. The van der Waals surface area contributed by atoms with Gasteiger partial charge in [0.15, 0.2) is 0 Å². The van der Waals surface area contributed by atoms with Crippen LogP contribution in [-0.4, -0.2) is 17.4 Å². The van der Waals surface area contributed by atoms with Gasteiger partial charge < -0.3 is 11.1 Å². The number of carbonyl (C=O) groups is 1. The molecule has 2 rings (SSSR count). The molecule has 0 fully saturated rings. The van der Waals surface area contributed by atoms with Gasteiger partial charge in [0.05, 0.1) is 24.3 Å². The van der Waals surface area contributed by atoms with Gasteiger partial charge in [-0.05, 0) is 30.3 Å². The van der Waals surface area contributed by atoms with Crippen LogP contribution in [0.2, 0.25) is 0 Å². The molecule has 0 unspecified atom stereocenters. The van der Waals surface area contributed by atoms with Crippen LogP contribution in [0, 0.1) is 17.7 Å². The molecule has 1 heterocycles. The second-order valence-electron chi connectivity index (χ2n) is 4.20. The van der Waals surface area contributed by atoms with E-state index in [-0.39, 0.29) is 30.1 Å². The third kappa shape index (κ3) is 4.13. The molecule has 106 valence electrons. The van der Waals surface area contributed by atoms with Gasteiger partial charge in [0.25, 0.3) is 5.91 Å². The van der Waals surface area contributed by atoms with Crippen LogP contribution in [0.1, 0.15) is 21.6 Å². The number of hydrogen-bond donors (Lipinski definition) is 2. The number of rotatable bonds is 3. The van der Waals surface area contributed by atoms with Gasteiger partial charge in [-0.2, -0.15) is 0 Å². The largest absolute Gasteiger partial charge is 0.346 e. The number of aromatic nitrogens is 1. The first-order chi connectivity index (χ1) is 10.2. The van der Waals surface area contributed by atoms with Crippen LogP contribution in [0.25, 0.3) is 0 Å². The summed E-state index contributed by atoms with van der Waals surface area (Å²) in [5, 5.41) is 2.68. The summed E-state index contributed by atoms with van der Waals surface area (Å²) < 4.78 is 13.8. The predicted molar refractivity (Wildman–Crippen MR) is 77.7 cm³/mol. The predicted octanol–water partition coefficient (Wildman–Crippen LogP) is 1.46. The molecular weight excluding hydrogens is 269 g/mol. The van der Waals surface area contributed by atoms with Crippen molar-refractivity contribution >= 4 is 5.91 Å². The van der Waals surface area contributed by atoms with Crippen LogP contribution in [0.4, 0.5) is 4.39 Å². The third-order valence-electron chi connectivity index (χ3n) is 2.71. The molecule has 0 aliphatic heterocycles. The van der Waals surface area contributed by atoms with Gasteiger partial charge in [0.1, 0.15) is 5.82 Å². The van der Waals surface area contributed by atoms with E-state index in [0.29, 0.717) is 0 Å². The van der Waals surface area contributed by atoms with Crippen LogP contribution in [0.3, 0.4) is 0 Å². The molecule has 21 heavy (non-hydrogen) atoms. The summed E-state index contributed by atoms with van der Waals surface area (Å²) in [4.78, 5) is 16.0. The summed E-state index contributed by atoms with van der Waals surface area (Å²) in [6, 6.07) is 9.58. The Labute approximate surface area is 122 Å². The Bertz CT molecular complexity index is 690. The Balaban J connectivity index is 2.04. The molecule has 3 N–H and O–H groups in total. The van der Waals surface area contributed by atoms with Gasteiger partial charge in [0.2, 0.25) is 0 Å². The first-order valence-electron chi connectivity index (χ1n) is 6.37. The van der Waals surface area contributed by atoms with E-state index >= 15 is 0 Å². The van der Waals surface area contributed by atoms with E-state index in [1.807, 2.05) is 6.07 Å². The van der Waals surface area contributed by atoms with Crippen LogP contribution >= 0.6 is 0 Å². The quantitative estimate of drug-likeness (QED) is 0.838. The second kappa shape index (κ2) is 7.17. The molecule has 0 saturated heterocycles. The fraction of sp³-hybridized carbons (Fsp3) is 0.125. The lowest BCUT2D eigenvalue weighted by Crippen LogP contribution is -2.23. The van der Waals surface area contributed by atoms with Crippen molar-refractivity contribution in [3.63, 3.8) is 0 Å². The molecule has 0 atom stereocenters. The SMILES string of the molecule is NCC#Cc1ccc(C(=O)NCc2ccccn2)cc1F. The highest BCUT2D eigenvalue weighted by Gasteiger charge is 2.08. The second-order valence-corrected chi connectivity index (χ2v) is 4.20. The Kier molecular flexibility index (Phi) is 5.02. The minimum atomic E-state index is -0.540. The lowest BCUT2D eigenvalue weighted by atomic mass is 10.1. The summed E-state index contributed by atoms with van der Waals surface area (Å²) >= 11 is 0. The maximum atomic E-state index is 13.8. The monoisotopic (exact) mass is 283 g/mol. The summed E-state index contributed by atoms with van der Waals surface area (Å²) in [6.07, 6.45) is 1.64. The first-order valence-corrected chi connectivity index (χ1v) is 6.37. The molecule has 0 bridgehead atoms. The average molecular weight is 283 g/mol. The van der Waals surface area contributed by atoms with E-state index < -0.39 is 5.82 Å². The number of carbonyl (C=O) groups excluding carboxylic acids is 1. The van der Waals surface area contributed by atoms with Crippen LogP contribution in [0.5, 0.6) is 0 Å². The van der Waals surface area contributed by atoms with Gasteiger partial charge >= 0.3 is 0 Å². The number of nitrogens with zero attached hydrogens (tertiary/aromatic N) is 1. The summed E-state index contributed by atoms with van der Waals surface area (Å²) in [5.74, 6) is 4.27. The van der Waals surface area contributed by atoms with Crippen molar-refractivity contribution in [2.45, 2.75) is 6.54 Å². The fourth-order valence-corrected chi connectivity index (χ4v) is 1.68. The molecule has 1 amide bonds. The minimum Gasteiger partial charge on any atom is -0.346 e. The number of halogens is 1. The van der Waals surface area contributed by atoms with E-state index in [0.717, 1.165) is 11.8 Å². The Hall–Kier alpha value is -2.71. The minimum absolute atomic E-state index is 0.158. The summed E-state index contributed by atoms with van der Waals surface area (Å²) in [5.41, 5.74) is 6.43. The molecule has 1 aromatic heterocycles. The molecule has 0 saturated carbocycles. The zero-order valence-electron chi connectivity index (χ0n) is 11.3. The summed E-state index contributed by atoms with van der Waals surface area (Å²) in [6.45, 7) is 0.446. The molecule has 2 aromatic rings. The topological polar surface area (TPSA) is 68.0 Å². The number of pyridine rings is 1. The highest BCUT2D eigenvalue weighted by Crippen LogP contribution is 2.09. The maximum Gasteiger partial charge on any atom is 0.251 e. The highest BCUT2D eigenvalue weighted by atomic mass is 19.1. The molecule has 0 spiro atoms. The number of nitrogens with two attached hydrogens (primary N) is 1. The van der Waals surface area contributed by atoms with Crippen molar-refractivity contribution in [3.05, 3.63) is 65.2 Å². The van der Waals surface area contributed by atoms with Gasteiger partial charge in [-0.15, -0.1) is 0 Å². The van der Waals surface area contributed by atoms with Gasteiger partial charge in [-0.1, -0.05) is 17.9 Å². The number of hydrogen-bond acceptors (Lipinski definition) is 3. The lowest BCUT2D eigenvalue weighted by Gasteiger charge is -2.05. The Morgan fingerprint density at radius 2 is 2.19 bits per heavy atom. The standard InChI is InChI=1S/C16H14FN3O/c17-15-10-13(7-6-12(15)4-3-8-18)16(21)20-11-14-5-1-2-9-19-14/h1-2,5-7,9-10H,8,11,18H2,(H,20,21). The number of benzene rings is 1. The highest BCUT2D eigenvalue weighted by molar-refractivity contribution is 5.94. The van der Waals surface area contributed by atoms with Crippen LogP contribution < -0.4 is 11.1 Å². The lowest BCUT2D eigenvalue weighted by molar-refractivity contribution is 0.0950. The molecule has 1 aromatic carbocycles. The Morgan fingerprint density at radius 3 is 2.86 bits per heavy atom. The van der Waals surface area contributed by atoms with Crippen molar-refractivity contribution in [1.29, 1.82) is 0 Å². The molecule has 0 aliphatic carbocycles. The van der Waals surface area contributed by atoms with Crippen LogP contribution in [0.15, 0.2) is 42.6 Å². The fourth-order valence-electron chi connectivity index (χ4n) is 1.68. The van der Waals surface area contributed by atoms with Crippen molar-refractivity contribution in [1.82, 2.24) is 10.3 Å². The van der Waals surface area contributed by atoms with Gasteiger partial charge in [0, 0.05) is 11.8 Å². The van der Waals surface area contributed by atoms with Crippen molar-refractivity contribution in [3.8, 4) is 11.8 Å². The van der Waals surface area contributed by atoms with E-state index in [1.54, 1.807) is 18.3 Å². The molecule has 0 radical (unpaired) electrons. The molecule has 0 aliphatic rings. The van der Waals surface area contributed by atoms with Crippen molar-refractivity contribution in [2.75, 3.05) is 6.54 Å². The van der Waals surface area contributed by atoms with E-state index in [1.165, 1.54) is 12.1 Å². The Morgan fingerprint density at radius 1 is 1.33 bits per heavy atom. The van der Waals surface area contributed by atoms with E-state index in [9.17, 15) is 9.18 Å². The van der Waals surface area contributed by atoms with E-state index in [4.69, 9.17) is 5.73 Å². The van der Waals surface area contributed by atoms with Crippen molar-refractivity contribution in [2.24, 2.45) is 5.73 Å². The first kappa shape index (κ1) is 14.7. The maximum absolute atomic E-state index is 13.8. The normalized spacial score (nSPS) is 9.62.